The van der Waals surface area contributed by atoms with Crippen LogP contribution in [0.3, 0.4) is 0 Å². The average Bonchev–Trinajstić information content (AvgIpc) is 2.71. The highest BCUT2D eigenvalue weighted by Crippen LogP contribution is 2.38. The van der Waals surface area contributed by atoms with Crippen LogP contribution in [0, 0.1) is 5.92 Å². The summed E-state index contributed by atoms with van der Waals surface area (Å²) in [5.41, 5.74) is -0.587. The molecule has 2 atom stereocenters. The van der Waals surface area contributed by atoms with E-state index in [2.05, 4.69) is 0 Å². The molecule has 4 nitrogen and oxygen atoms in total. The quantitative estimate of drug-likeness (QED) is 0.517. The summed E-state index contributed by atoms with van der Waals surface area (Å²) in [4.78, 5) is 12.2. The fourth-order valence-corrected chi connectivity index (χ4v) is 3.66. The van der Waals surface area contributed by atoms with Crippen LogP contribution in [0.25, 0.3) is 0 Å². The summed E-state index contributed by atoms with van der Waals surface area (Å²) in [6, 6.07) is 19.1. The zero-order valence-corrected chi connectivity index (χ0v) is 16.3. The van der Waals surface area contributed by atoms with Crippen LogP contribution >= 0.6 is 0 Å². The van der Waals surface area contributed by atoms with Gasteiger partial charge in [0.15, 0.2) is 5.60 Å². The van der Waals surface area contributed by atoms with Crippen LogP contribution in [0.4, 0.5) is 0 Å². The van der Waals surface area contributed by atoms with Crippen molar-refractivity contribution >= 4 is 5.97 Å². The second-order valence-corrected chi connectivity index (χ2v) is 6.73. The van der Waals surface area contributed by atoms with Crippen LogP contribution in [0.15, 0.2) is 60.7 Å². The molecule has 0 spiro atoms. The molecule has 0 bridgehead atoms. The molecule has 0 saturated heterocycles. The van der Waals surface area contributed by atoms with Crippen molar-refractivity contribution in [1.29, 1.82) is 0 Å². The monoisotopic (exact) mass is 370 g/mol. The third-order valence-electron chi connectivity index (χ3n) is 5.12. The van der Waals surface area contributed by atoms with Crippen LogP contribution in [-0.2, 0) is 15.1 Å². The maximum atomic E-state index is 12.2. The number of carboxylic acids is 1. The summed E-state index contributed by atoms with van der Waals surface area (Å²) in [6.45, 7) is 2.71. The van der Waals surface area contributed by atoms with Crippen molar-refractivity contribution in [2.45, 2.75) is 44.6 Å². The van der Waals surface area contributed by atoms with Gasteiger partial charge in [-0.05, 0) is 37.0 Å². The minimum atomic E-state index is -1.30. The SMILES string of the molecule is CCC(CCCCCOc1ccccc1)C(OC)(C(=O)O)c1ccccc1. The largest absolute Gasteiger partial charge is 0.494 e. The van der Waals surface area contributed by atoms with Crippen molar-refractivity contribution in [3.8, 4) is 5.75 Å². The summed E-state index contributed by atoms with van der Waals surface area (Å²) in [7, 11) is 1.50. The Hall–Kier alpha value is -2.33. The minimum Gasteiger partial charge on any atom is -0.494 e. The molecule has 0 saturated carbocycles. The molecule has 0 aliphatic carbocycles. The fourth-order valence-electron chi connectivity index (χ4n) is 3.66. The van der Waals surface area contributed by atoms with Crippen molar-refractivity contribution < 1.29 is 19.4 Å². The number of unbranched alkanes of at least 4 members (excludes halogenated alkanes) is 2. The number of carboxylic acid groups (broad SMARTS) is 1. The number of aliphatic carboxylic acids is 1. The van der Waals surface area contributed by atoms with Crippen molar-refractivity contribution in [2.75, 3.05) is 13.7 Å². The number of ether oxygens (including phenoxy) is 2. The van der Waals surface area contributed by atoms with Gasteiger partial charge in [-0.25, -0.2) is 4.79 Å². The molecule has 0 aliphatic rings. The summed E-state index contributed by atoms with van der Waals surface area (Å²) >= 11 is 0. The van der Waals surface area contributed by atoms with E-state index in [1.54, 1.807) is 0 Å². The molecule has 0 aliphatic heterocycles. The first-order valence-corrected chi connectivity index (χ1v) is 9.67. The Balaban J connectivity index is 1.90. The molecule has 2 unspecified atom stereocenters. The van der Waals surface area contributed by atoms with Gasteiger partial charge in [0, 0.05) is 13.0 Å². The highest BCUT2D eigenvalue weighted by molar-refractivity contribution is 5.80. The average molecular weight is 370 g/mol. The van der Waals surface area contributed by atoms with E-state index in [-0.39, 0.29) is 5.92 Å². The lowest BCUT2D eigenvalue weighted by molar-refractivity contribution is -0.173. The first-order chi connectivity index (χ1) is 13.1. The molecule has 146 valence electrons. The van der Waals surface area contributed by atoms with Crippen molar-refractivity contribution in [2.24, 2.45) is 5.92 Å². The lowest BCUT2D eigenvalue weighted by atomic mass is 9.76. The first-order valence-electron chi connectivity index (χ1n) is 9.67. The Morgan fingerprint density at radius 3 is 2.19 bits per heavy atom. The Bertz CT molecular complexity index is 671. The predicted molar refractivity (Wildman–Crippen MR) is 107 cm³/mol. The maximum absolute atomic E-state index is 12.2. The molecule has 0 heterocycles. The third-order valence-corrected chi connectivity index (χ3v) is 5.12. The van der Waals surface area contributed by atoms with Crippen LogP contribution in [0.5, 0.6) is 5.75 Å². The highest BCUT2D eigenvalue weighted by Gasteiger charge is 2.46. The second kappa shape index (κ2) is 10.7. The van der Waals surface area contributed by atoms with Crippen molar-refractivity contribution in [3.05, 3.63) is 66.2 Å². The predicted octanol–water partition coefficient (Wildman–Crippen LogP) is 5.28. The smallest absolute Gasteiger partial charge is 0.340 e. The zero-order chi connectivity index (χ0) is 19.5. The summed E-state index contributed by atoms with van der Waals surface area (Å²) < 4.78 is 11.4. The van der Waals surface area contributed by atoms with E-state index in [9.17, 15) is 9.90 Å². The number of rotatable bonds is 12. The molecule has 1 N–H and O–H groups in total. The molecule has 0 fully saturated rings. The molecule has 0 radical (unpaired) electrons. The van der Waals surface area contributed by atoms with E-state index in [4.69, 9.17) is 9.47 Å². The Morgan fingerprint density at radius 1 is 1.00 bits per heavy atom. The van der Waals surface area contributed by atoms with E-state index >= 15 is 0 Å². The van der Waals surface area contributed by atoms with Crippen LogP contribution in [0.2, 0.25) is 0 Å². The van der Waals surface area contributed by atoms with E-state index in [1.807, 2.05) is 67.6 Å². The number of benzene rings is 2. The van der Waals surface area contributed by atoms with Gasteiger partial charge in [-0.2, -0.15) is 0 Å². The Labute approximate surface area is 162 Å². The van der Waals surface area contributed by atoms with Crippen LogP contribution in [0.1, 0.15) is 44.6 Å². The molecule has 0 aromatic heterocycles. The topological polar surface area (TPSA) is 55.8 Å². The van der Waals surface area contributed by atoms with Crippen molar-refractivity contribution in [1.82, 2.24) is 0 Å². The molecule has 4 heteroatoms. The zero-order valence-electron chi connectivity index (χ0n) is 16.3. The molecule has 2 aromatic rings. The first kappa shape index (κ1) is 21.0. The van der Waals surface area contributed by atoms with E-state index in [0.717, 1.165) is 37.9 Å². The second-order valence-electron chi connectivity index (χ2n) is 6.73. The Morgan fingerprint density at radius 2 is 1.63 bits per heavy atom. The van der Waals surface area contributed by atoms with Crippen molar-refractivity contribution in [3.63, 3.8) is 0 Å². The standard InChI is InChI=1S/C23H30O4/c1-3-19(13-9-6-12-18-27-21-16-10-5-11-17-21)23(26-2,22(24)25)20-14-7-4-8-15-20/h4-5,7-8,10-11,14-17,19H,3,6,9,12-13,18H2,1-2H3,(H,24,25). The number of methoxy groups -OCH3 is 1. The summed E-state index contributed by atoms with van der Waals surface area (Å²) in [6.07, 6.45) is 4.44. The van der Waals surface area contributed by atoms with E-state index in [0.29, 0.717) is 12.2 Å². The van der Waals surface area contributed by atoms with E-state index < -0.39 is 11.6 Å². The maximum Gasteiger partial charge on any atom is 0.340 e. The van der Waals surface area contributed by atoms with Gasteiger partial charge in [-0.15, -0.1) is 0 Å². The van der Waals surface area contributed by atoms with Crippen LogP contribution in [-0.4, -0.2) is 24.8 Å². The van der Waals surface area contributed by atoms with Gasteiger partial charge in [-0.1, -0.05) is 68.3 Å². The molecule has 27 heavy (non-hydrogen) atoms. The van der Waals surface area contributed by atoms with Crippen LogP contribution < -0.4 is 4.74 Å². The van der Waals surface area contributed by atoms with Gasteiger partial charge in [0.25, 0.3) is 0 Å². The number of para-hydroxylation sites is 1. The Kier molecular flexibility index (Phi) is 8.34. The molecule has 2 rings (SSSR count). The number of hydrogen-bond donors (Lipinski definition) is 1. The minimum absolute atomic E-state index is 0.0857. The van der Waals surface area contributed by atoms with Gasteiger partial charge < -0.3 is 14.6 Å². The van der Waals surface area contributed by atoms with Gasteiger partial charge in [0.2, 0.25) is 0 Å². The van der Waals surface area contributed by atoms with E-state index in [1.165, 1.54) is 7.11 Å². The van der Waals surface area contributed by atoms with Gasteiger partial charge in [0.1, 0.15) is 5.75 Å². The lowest BCUT2D eigenvalue weighted by Crippen LogP contribution is -2.44. The number of hydrogen-bond acceptors (Lipinski definition) is 3. The summed E-state index contributed by atoms with van der Waals surface area (Å²) in [5.74, 6) is -0.120. The highest BCUT2D eigenvalue weighted by atomic mass is 16.5. The van der Waals surface area contributed by atoms with Gasteiger partial charge in [-0.3, -0.25) is 0 Å². The van der Waals surface area contributed by atoms with Gasteiger partial charge >= 0.3 is 5.97 Å². The molecular weight excluding hydrogens is 340 g/mol. The third kappa shape index (κ3) is 5.33. The normalized spacial score (nSPS) is 14.3. The summed E-state index contributed by atoms with van der Waals surface area (Å²) in [5, 5.41) is 10.0. The fraction of sp³-hybridized carbons (Fsp3) is 0.435. The molecule has 2 aromatic carbocycles. The number of carbonyl (C=O) groups is 1. The lowest BCUT2D eigenvalue weighted by Gasteiger charge is -2.36. The molecule has 0 amide bonds. The van der Waals surface area contributed by atoms with Gasteiger partial charge in [0.05, 0.1) is 6.61 Å². The molecular formula is C23H30O4.